The van der Waals surface area contributed by atoms with Gasteiger partial charge in [-0.25, -0.2) is 0 Å². The van der Waals surface area contributed by atoms with Crippen molar-refractivity contribution in [2.24, 2.45) is 0 Å². The first-order chi connectivity index (χ1) is 14.2. The number of rotatable bonds is 6. The first-order valence-electron chi connectivity index (χ1n) is 10.5. The Balaban J connectivity index is 1.28. The molecule has 2 atom stereocenters. The minimum absolute atomic E-state index is 0.223. The molecule has 2 saturated heterocycles. The smallest absolute Gasteiger partial charge is 0.416 e. The van der Waals surface area contributed by atoms with E-state index in [9.17, 15) is 13.2 Å². The summed E-state index contributed by atoms with van der Waals surface area (Å²) < 4.78 is 44.0. The van der Waals surface area contributed by atoms with Crippen molar-refractivity contribution in [1.29, 1.82) is 0 Å². The molecule has 2 aliphatic heterocycles. The summed E-state index contributed by atoms with van der Waals surface area (Å²) in [6.07, 6.45) is -3.22. The van der Waals surface area contributed by atoms with Crippen LogP contribution in [-0.4, -0.2) is 48.1 Å². The summed E-state index contributed by atoms with van der Waals surface area (Å²) in [6.45, 7) is 10.7. The zero-order valence-electron chi connectivity index (χ0n) is 17.7. The van der Waals surface area contributed by atoms with E-state index in [1.165, 1.54) is 28.3 Å². The van der Waals surface area contributed by atoms with Gasteiger partial charge in [0.1, 0.15) is 12.4 Å². The van der Waals surface area contributed by atoms with Crippen LogP contribution >= 0.6 is 0 Å². The topological polar surface area (TPSA) is 15.7 Å². The molecule has 0 aliphatic carbocycles. The Morgan fingerprint density at radius 3 is 2.30 bits per heavy atom. The number of halogens is 3. The normalized spacial score (nSPS) is 22.1. The molecule has 2 fully saturated rings. The van der Waals surface area contributed by atoms with Crippen molar-refractivity contribution in [3.05, 3.63) is 64.2 Å². The molecule has 0 spiro atoms. The first-order valence-corrected chi connectivity index (χ1v) is 10.5. The van der Waals surface area contributed by atoms with E-state index in [-0.39, 0.29) is 5.75 Å². The number of alkyl halides is 3. The number of hydrogen-bond donors (Lipinski definition) is 0. The average Bonchev–Trinajstić information content (AvgIpc) is 3.24. The first kappa shape index (κ1) is 21.2. The van der Waals surface area contributed by atoms with Crippen molar-refractivity contribution in [3.63, 3.8) is 0 Å². The second-order valence-electron chi connectivity index (χ2n) is 8.65. The largest absolute Gasteiger partial charge is 0.492 e. The van der Waals surface area contributed by atoms with Crippen molar-refractivity contribution in [2.45, 2.75) is 52.0 Å². The Labute approximate surface area is 176 Å². The molecule has 3 nitrogen and oxygen atoms in total. The molecule has 4 rings (SSSR count). The lowest BCUT2D eigenvalue weighted by Gasteiger charge is -2.34. The fourth-order valence-corrected chi connectivity index (χ4v) is 4.94. The van der Waals surface area contributed by atoms with Gasteiger partial charge >= 0.3 is 6.18 Å². The third-order valence-electron chi connectivity index (χ3n) is 6.41. The number of ether oxygens (including phenoxy) is 1. The van der Waals surface area contributed by atoms with Crippen LogP contribution in [0.4, 0.5) is 13.2 Å². The van der Waals surface area contributed by atoms with Gasteiger partial charge in [0.2, 0.25) is 0 Å². The van der Waals surface area contributed by atoms with E-state index in [1.807, 2.05) is 0 Å². The van der Waals surface area contributed by atoms with Gasteiger partial charge in [-0.15, -0.1) is 0 Å². The van der Waals surface area contributed by atoms with E-state index in [0.29, 0.717) is 18.7 Å². The van der Waals surface area contributed by atoms with Crippen LogP contribution in [0.5, 0.6) is 5.75 Å². The average molecular weight is 417 g/mol. The van der Waals surface area contributed by atoms with E-state index >= 15 is 0 Å². The van der Waals surface area contributed by atoms with Gasteiger partial charge in [-0.3, -0.25) is 9.80 Å². The van der Waals surface area contributed by atoms with Crippen molar-refractivity contribution in [3.8, 4) is 5.75 Å². The maximum atomic E-state index is 12.8. The standard InChI is InChI=1S/C24H28F3N2O/c1-16-9-17(2)23(18(3)10-16)15-29-14-20-12-21(29)13-28(20)7-8-30-22-6-4-5-19(11-22)24(25,26)27/h5-6,9-11,20-21H,7-8,12-15H2,1-3H3/t20?,21-/m0/s1. The van der Waals surface area contributed by atoms with Gasteiger partial charge in [0.15, 0.2) is 0 Å². The summed E-state index contributed by atoms with van der Waals surface area (Å²) in [4.78, 5) is 4.99. The third-order valence-corrected chi connectivity index (χ3v) is 6.41. The zero-order valence-corrected chi connectivity index (χ0v) is 17.7. The Morgan fingerprint density at radius 2 is 1.67 bits per heavy atom. The number of piperazine rings is 1. The number of nitrogens with zero attached hydrogens (tertiary/aromatic N) is 2. The molecule has 0 saturated carbocycles. The molecular weight excluding hydrogens is 389 g/mol. The highest BCUT2D eigenvalue weighted by Gasteiger charge is 2.42. The Kier molecular flexibility index (Phi) is 5.82. The lowest BCUT2D eigenvalue weighted by Crippen LogP contribution is -2.47. The quantitative estimate of drug-likeness (QED) is 0.674. The second-order valence-corrected chi connectivity index (χ2v) is 8.65. The number of likely N-dealkylation sites (tertiary alicyclic amines) is 2. The molecule has 2 aromatic carbocycles. The summed E-state index contributed by atoms with van der Waals surface area (Å²) in [5.74, 6) is 0.223. The van der Waals surface area contributed by atoms with Crippen LogP contribution in [0, 0.1) is 26.8 Å². The number of fused-ring (bicyclic) bond motifs is 2. The maximum absolute atomic E-state index is 12.8. The summed E-state index contributed by atoms with van der Waals surface area (Å²) in [7, 11) is 0. The lowest BCUT2D eigenvalue weighted by atomic mass is 9.99. The molecular formula is C24H28F3N2O. The van der Waals surface area contributed by atoms with Gasteiger partial charge in [0, 0.05) is 38.3 Å². The summed E-state index contributed by atoms with van der Waals surface area (Å²) in [6, 6.07) is 11.5. The number of benzene rings is 2. The van der Waals surface area contributed by atoms with Crippen LogP contribution in [0.3, 0.4) is 0 Å². The number of hydrogen-bond acceptors (Lipinski definition) is 3. The molecule has 1 radical (unpaired) electrons. The van der Waals surface area contributed by atoms with E-state index in [4.69, 9.17) is 4.74 Å². The van der Waals surface area contributed by atoms with Crippen LogP contribution in [0.25, 0.3) is 0 Å². The highest BCUT2D eigenvalue weighted by Crippen LogP contribution is 2.33. The van der Waals surface area contributed by atoms with Gasteiger partial charge in [-0.2, -0.15) is 13.2 Å². The Morgan fingerprint density at radius 1 is 1.00 bits per heavy atom. The summed E-state index contributed by atoms with van der Waals surface area (Å²) in [5.41, 5.74) is 4.74. The molecule has 0 N–H and O–H groups in total. The minimum atomic E-state index is -4.37. The van der Waals surface area contributed by atoms with Crippen molar-refractivity contribution >= 4 is 0 Å². The van der Waals surface area contributed by atoms with Crippen molar-refractivity contribution < 1.29 is 17.9 Å². The predicted molar refractivity (Wildman–Crippen MR) is 111 cm³/mol. The van der Waals surface area contributed by atoms with Crippen LogP contribution in [0.2, 0.25) is 0 Å². The van der Waals surface area contributed by atoms with E-state index in [1.54, 1.807) is 0 Å². The molecule has 2 heterocycles. The van der Waals surface area contributed by atoms with Gasteiger partial charge in [0.25, 0.3) is 0 Å². The van der Waals surface area contributed by atoms with Crippen LogP contribution in [-0.2, 0) is 12.7 Å². The maximum Gasteiger partial charge on any atom is 0.416 e. The molecule has 1 unspecified atom stereocenters. The van der Waals surface area contributed by atoms with Gasteiger partial charge in [0.05, 0.1) is 5.56 Å². The summed E-state index contributed by atoms with van der Waals surface area (Å²) in [5, 5.41) is 0. The van der Waals surface area contributed by atoms with Gasteiger partial charge < -0.3 is 4.74 Å². The molecule has 2 aliphatic rings. The summed E-state index contributed by atoms with van der Waals surface area (Å²) >= 11 is 0. The SMILES string of the molecule is Cc1cc(C)c(CN2CC3C[C@H]2CN3CCOc2c[c]cc(C(F)(F)F)c2)c(C)c1. The van der Waals surface area contributed by atoms with E-state index in [2.05, 4.69) is 48.8 Å². The van der Waals surface area contributed by atoms with Crippen LogP contribution in [0.15, 0.2) is 30.3 Å². The van der Waals surface area contributed by atoms with Crippen molar-refractivity contribution in [1.82, 2.24) is 9.80 Å². The van der Waals surface area contributed by atoms with Gasteiger partial charge in [-0.05, 0) is 68.1 Å². The molecule has 0 aromatic heterocycles. The van der Waals surface area contributed by atoms with Crippen molar-refractivity contribution in [2.75, 3.05) is 26.2 Å². The highest BCUT2D eigenvalue weighted by molar-refractivity contribution is 5.37. The monoisotopic (exact) mass is 417 g/mol. The molecule has 30 heavy (non-hydrogen) atoms. The highest BCUT2D eigenvalue weighted by atomic mass is 19.4. The van der Waals surface area contributed by atoms with Crippen LogP contribution in [0.1, 0.15) is 34.2 Å². The zero-order chi connectivity index (χ0) is 21.5. The molecule has 161 valence electrons. The lowest BCUT2D eigenvalue weighted by molar-refractivity contribution is -0.137. The minimum Gasteiger partial charge on any atom is -0.492 e. The molecule has 0 amide bonds. The predicted octanol–water partition coefficient (Wildman–Crippen LogP) is 4.77. The molecule has 6 heteroatoms. The molecule has 2 aromatic rings. The Hall–Kier alpha value is -2.05. The second kappa shape index (κ2) is 8.23. The third kappa shape index (κ3) is 4.49. The number of aryl methyl sites for hydroxylation is 3. The van der Waals surface area contributed by atoms with Gasteiger partial charge in [-0.1, -0.05) is 17.7 Å². The Bertz CT molecular complexity index is 889. The van der Waals surface area contributed by atoms with E-state index in [0.717, 1.165) is 44.7 Å². The van der Waals surface area contributed by atoms with E-state index < -0.39 is 11.7 Å². The van der Waals surface area contributed by atoms with Crippen LogP contribution < -0.4 is 4.74 Å². The fraction of sp³-hybridized carbons (Fsp3) is 0.500. The fourth-order valence-electron chi connectivity index (χ4n) is 4.94. The molecule has 2 bridgehead atoms.